The Morgan fingerprint density at radius 2 is 0.696 bits per heavy atom. The summed E-state index contributed by atoms with van der Waals surface area (Å²) < 4.78 is 0. The lowest BCUT2D eigenvalue weighted by atomic mass is 9.90. The second-order valence-electron chi connectivity index (χ2n) is 11.6. The molecule has 1 aromatic heterocycles. The summed E-state index contributed by atoms with van der Waals surface area (Å²) in [7, 11) is 0. The highest BCUT2D eigenvalue weighted by molar-refractivity contribution is 6.31. The van der Waals surface area contributed by atoms with Crippen LogP contribution in [0.5, 0.6) is 0 Å². The van der Waals surface area contributed by atoms with Gasteiger partial charge in [-0.25, -0.2) is 15.0 Å². The Hall–Kier alpha value is -6.19. The van der Waals surface area contributed by atoms with Gasteiger partial charge in [-0.05, 0) is 66.3 Å². The minimum absolute atomic E-state index is 0.652. The van der Waals surface area contributed by atoms with Gasteiger partial charge in [0.25, 0.3) is 0 Å². The van der Waals surface area contributed by atoms with Gasteiger partial charge in [0.2, 0.25) is 0 Å². The van der Waals surface area contributed by atoms with E-state index in [1.807, 2.05) is 60.7 Å². The van der Waals surface area contributed by atoms with E-state index in [-0.39, 0.29) is 0 Å². The number of aromatic nitrogens is 3. The average molecular weight is 586 g/mol. The fraction of sp³-hybridized carbons (Fsp3) is 0. The van der Waals surface area contributed by atoms with Crippen LogP contribution in [0.4, 0.5) is 0 Å². The van der Waals surface area contributed by atoms with Crippen LogP contribution in [0.2, 0.25) is 0 Å². The van der Waals surface area contributed by atoms with Crippen molar-refractivity contribution in [1.82, 2.24) is 15.0 Å². The molecule has 9 aromatic rings. The standard InChI is InChI=1S/C43H27N3/c1-3-12-28(13-4-1)41-44-42(29-14-5-2-6-15-29)46-43(45-41)33-17-11-16-30(27-33)31-22-24-34-32(26-31)23-25-39-37-20-8-7-18-35(37)36-19-9-10-21-38(36)40(34)39/h1-27H. The van der Waals surface area contributed by atoms with Crippen molar-refractivity contribution in [3.8, 4) is 45.3 Å². The van der Waals surface area contributed by atoms with Gasteiger partial charge in [-0.15, -0.1) is 0 Å². The molecule has 0 radical (unpaired) electrons. The maximum Gasteiger partial charge on any atom is 0.164 e. The van der Waals surface area contributed by atoms with Gasteiger partial charge in [0.15, 0.2) is 17.5 Å². The van der Waals surface area contributed by atoms with Crippen LogP contribution in [0, 0.1) is 0 Å². The third-order valence-electron chi connectivity index (χ3n) is 8.88. The highest BCUT2D eigenvalue weighted by Crippen LogP contribution is 2.40. The lowest BCUT2D eigenvalue weighted by Gasteiger charge is -2.14. The van der Waals surface area contributed by atoms with Crippen LogP contribution in [-0.4, -0.2) is 15.0 Å². The number of fused-ring (bicyclic) bond motifs is 8. The zero-order valence-electron chi connectivity index (χ0n) is 24.9. The maximum atomic E-state index is 4.95. The number of benzene rings is 8. The summed E-state index contributed by atoms with van der Waals surface area (Å²) in [5.74, 6) is 1.97. The Morgan fingerprint density at radius 3 is 1.33 bits per heavy atom. The number of rotatable bonds is 4. The van der Waals surface area contributed by atoms with Crippen LogP contribution in [0.25, 0.3) is 88.4 Å². The lowest BCUT2D eigenvalue weighted by Crippen LogP contribution is -2.00. The lowest BCUT2D eigenvalue weighted by molar-refractivity contribution is 1.07. The van der Waals surface area contributed by atoms with E-state index in [4.69, 9.17) is 15.0 Å². The molecule has 0 aliphatic carbocycles. The molecule has 0 unspecified atom stereocenters. The van der Waals surface area contributed by atoms with E-state index in [0.717, 1.165) is 27.8 Å². The van der Waals surface area contributed by atoms with Gasteiger partial charge in [-0.1, -0.05) is 152 Å². The van der Waals surface area contributed by atoms with Gasteiger partial charge in [-0.2, -0.15) is 0 Å². The van der Waals surface area contributed by atoms with E-state index in [0.29, 0.717) is 17.5 Å². The molecule has 8 aromatic carbocycles. The molecule has 0 fully saturated rings. The summed E-state index contributed by atoms with van der Waals surface area (Å²) in [5.41, 5.74) is 5.14. The van der Waals surface area contributed by atoms with E-state index >= 15 is 0 Å². The molecular formula is C43H27N3. The van der Waals surface area contributed by atoms with Crippen LogP contribution in [0.15, 0.2) is 164 Å². The number of nitrogens with zero attached hydrogens (tertiary/aromatic N) is 3. The van der Waals surface area contributed by atoms with Crippen LogP contribution >= 0.6 is 0 Å². The summed E-state index contributed by atoms with van der Waals surface area (Å²) in [6, 6.07) is 57.6. The largest absolute Gasteiger partial charge is 0.208 e. The molecule has 0 spiro atoms. The van der Waals surface area contributed by atoms with Gasteiger partial charge in [0, 0.05) is 16.7 Å². The predicted octanol–water partition coefficient (Wildman–Crippen LogP) is 11.2. The molecule has 0 saturated heterocycles. The smallest absolute Gasteiger partial charge is 0.164 e. The van der Waals surface area contributed by atoms with E-state index in [9.17, 15) is 0 Å². The van der Waals surface area contributed by atoms with E-state index < -0.39 is 0 Å². The summed E-state index contributed by atoms with van der Waals surface area (Å²) in [6.45, 7) is 0. The second-order valence-corrected chi connectivity index (χ2v) is 11.6. The van der Waals surface area contributed by atoms with Gasteiger partial charge < -0.3 is 0 Å². The van der Waals surface area contributed by atoms with Crippen LogP contribution < -0.4 is 0 Å². The molecule has 0 bridgehead atoms. The van der Waals surface area contributed by atoms with E-state index in [2.05, 4.69) is 103 Å². The number of hydrogen-bond acceptors (Lipinski definition) is 3. The van der Waals surface area contributed by atoms with Crippen molar-refractivity contribution in [2.75, 3.05) is 0 Å². The molecule has 0 aliphatic heterocycles. The molecule has 46 heavy (non-hydrogen) atoms. The summed E-state index contributed by atoms with van der Waals surface area (Å²) >= 11 is 0. The summed E-state index contributed by atoms with van der Waals surface area (Å²) in [4.78, 5) is 14.8. The molecule has 0 atom stereocenters. The van der Waals surface area contributed by atoms with Crippen molar-refractivity contribution in [2.45, 2.75) is 0 Å². The highest BCUT2D eigenvalue weighted by atomic mass is 15.0. The van der Waals surface area contributed by atoms with Gasteiger partial charge in [0.1, 0.15) is 0 Å². The van der Waals surface area contributed by atoms with Crippen molar-refractivity contribution >= 4 is 43.1 Å². The van der Waals surface area contributed by atoms with Crippen molar-refractivity contribution in [1.29, 1.82) is 0 Å². The first-order valence-corrected chi connectivity index (χ1v) is 15.5. The molecule has 0 saturated carbocycles. The molecule has 0 N–H and O–H groups in total. The van der Waals surface area contributed by atoms with E-state index in [1.54, 1.807) is 0 Å². The summed E-state index contributed by atoms with van der Waals surface area (Å²) in [6.07, 6.45) is 0. The molecule has 0 aliphatic rings. The fourth-order valence-corrected chi connectivity index (χ4v) is 6.69. The minimum Gasteiger partial charge on any atom is -0.208 e. The molecule has 9 rings (SSSR count). The Morgan fingerprint density at radius 1 is 0.261 bits per heavy atom. The summed E-state index contributed by atoms with van der Waals surface area (Å²) in [5, 5.41) is 10.2. The molecule has 0 amide bonds. The van der Waals surface area contributed by atoms with Crippen molar-refractivity contribution in [3.63, 3.8) is 0 Å². The Balaban J connectivity index is 1.19. The quantitative estimate of drug-likeness (QED) is 0.193. The number of hydrogen-bond donors (Lipinski definition) is 0. The topological polar surface area (TPSA) is 38.7 Å². The maximum absolute atomic E-state index is 4.95. The zero-order valence-corrected chi connectivity index (χ0v) is 24.9. The second kappa shape index (κ2) is 10.8. The van der Waals surface area contributed by atoms with Gasteiger partial charge in [0.05, 0.1) is 0 Å². The monoisotopic (exact) mass is 585 g/mol. The first-order chi connectivity index (χ1) is 22.8. The van der Waals surface area contributed by atoms with Crippen molar-refractivity contribution in [3.05, 3.63) is 164 Å². The third-order valence-corrected chi connectivity index (χ3v) is 8.88. The molecule has 3 nitrogen and oxygen atoms in total. The predicted molar refractivity (Wildman–Crippen MR) is 192 cm³/mol. The van der Waals surface area contributed by atoms with E-state index in [1.165, 1.54) is 43.1 Å². The van der Waals surface area contributed by atoms with Crippen LogP contribution in [0.3, 0.4) is 0 Å². The van der Waals surface area contributed by atoms with Gasteiger partial charge >= 0.3 is 0 Å². The molecule has 3 heteroatoms. The third kappa shape index (κ3) is 4.41. The van der Waals surface area contributed by atoms with Crippen molar-refractivity contribution < 1.29 is 0 Å². The highest BCUT2D eigenvalue weighted by Gasteiger charge is 2.14. The first kappa shape index (κ1) is 26.2. The molecular weight excluding hydrogens is 558 g/mol. The Bertz CT molecular complexity index is 2480. The average Bonchev–Trinajstić information content (AvgIpc) is 3.15. The Labute approximate surface area is 266 Å². The zero-order chi connectivity index (χ0) is 30.5. The Kier molecular flexibility index (Phi) is 6.14. The van der Waals surface area contributed by atoms with Crippen molar-refractivity contribution in [2.24, 2.45) is 0 Å². The molecule has 214 valence electrons. The fourth-order valence-electron chi connectivity index (χ4n) is 6.69. The SMILES string of the molecule is c1ccc(-c2nc(-c3ccccc3)nc(-c3cccc(-c4ccc5c(ccc6c7ccccc7c7ccccc7c56)c4)c3)n2)cc1. The minimum atomic E-state index is 0.652. The van der Waals surface area contributed by atoms with Gasteiger partial charge in [-0.3, -0.25) is 0 Å². The van der Waals surface area contributed by atoms with Crippen LogP contribution in [0.1, 0.15) is 0 Å². The van der Waals surface area contributed by atoms with Crippen LogP contribution in [-0.2, 0) is 0 Å². The first-order valence-electron chi connectivity index (χ1n) is 15.5. The normalized spacial score (nSPS) is 11.5. The molecule has 1 heterocycles.